The number of rotatable bonds is 7. The number of benzene rings is 2. The lowest BCUT2D eigenvalue weighted by atomic mass is 10.1. The van der Waals surface area contributed by atoms with E-state index in [9.17, 15) is 13.2 Å². The highest BCUT2D eigenvalue weighted by Crippen LogP contribution is 2.19. The molecule has 0 saturated carbocycles. The predicted molar refractivity (Wildman–Crippen MR) is 115 cm³/mol. The van der Waals surface area contributed by atoms with Gasteiger partial charge < -0.3 is 10.6 Å². The molecule has 0 radical (unpaired) electrons. The van der Waals surface area contributed by atoms with Gasteiger partial charge in [-0.15, -0.1) is 0 Å². The van der Waals surface area contributed by atoms with Gasteiger partial charge in [-0.05, 0) is 48.0 Å². The molecule has 2 aromatic rings. The van der Waals surface area contributed by atoms with Crippen LogP contribution >= 0.6 is 12.2 Å². The number of carbonyl (C=O) groups excluding carboxylic acids is 1. The van der Waals surface area contributed by atoms with Gasteiger partial charge in [0.15, 0.2) is 5.11 Å². The topological polar surface area (TPSA) is 78.5 Å². The second-order valence-electron chi connectivity index (χ2n) is 6.87. The van der Waals surface area contributed by atoms with E-state index >= 15 is 0 Å². The SMILES string of the molecule is CC(C)CC(=O)NC(=S)Nc1ccc(S(=O)(=O)N(C)Cc2ccccc2)cc1. The molecule has 2 rings (SSSR count). The molecule has 0 fully saturated rings. The summed E-state index contributed by atoms with van der Waals surface area (Å²) in [5.41, 5.74) is 1.51. The molecule has 0 atom stereocenters. The lowest BCUT2D eigenvalue weighted by molar-refractivity contribution is -0.120. The quantitative estimate of drug-likeness (QED) is 0.673. The average molecular weight is 420 g/mol. The highest BCUT2D eigenvalue weighted by molar-refractivity contribution is 7.89. The number of anilines is 1. The van der Waals surface area contributed by atoms with Crippen LogP contribution in [0.25, 0.3) is 0 Å². The van der Waals surface area contributed by atoms with E-state index in [-0.39, 0.29) is 28.4 Å². The van der Waals surface area contributed by atoms with Crippen molar-refractivity contribution in [2.45, 2.75) is 31.7 Å². The van der Waals surface area contributed by atoms with Crippen LogP contribution in [0.15, 0.2) is 59.5 Å². The molecule has 0 saturated heterocycles. The lowest BCUT2D eigenvalue weighted by Crippen LogP contribution is -2.34. The molecule has 0 aromatic heterocycles. The van der Waals surface area contributed by atoms with E-state index in [1.807, 2.05) is 44.2 Å². The van der Waals surface area contributed by atoms with Gasteiger partial charge in [0.25, 0.3) is 0 Å². The molecule has 0 aliphatic rings. The van der Waals surface area contributed by atoms with Gasteiger partial charge in [-0.2, -0.15) is 4.31 Å². The molecule has 2 N–H and O–H groups in total. The second kappa shape index (κ2) is 9.77. The van der Waals surface area contributed by atoms with Crippen LogP contribution in [-0.2, 0) is 21.4 Å². The summed E-state index contributed by atoms with van der Waals surface area (Å²) >= 11 is 5.12. The van der Waals surface area contributed by atoms with Crippen LogP contribution in [0, 0.1) is 5.92 Å². The maximum Gasteiger partial charge on any atom is 0.243 e. The van der Waals surface area contributed by atoms with E-state index in [1.54, 1.807) is 19.2 Å². The highest BCUT2D eigenvalue weighted by atomic mass is 32.2. The Labute approximate surface area is 172 Å². The molecule has 150 valence electrons. The summed E-state index contributed by atoms with van der Waals surface area (Å²) in [5.74, 6) is 0.0781. The van der Waals surface area contributed by atoms with Crippen molar-refractivity contribution in [3.05, 3.63) is 60.2 Å². The Morgan fingerprint density at radius 3 is 2.25 bits per heavy atom. The normalized spacial score (nSPS) is 11.5. The van der Waals surface area contributed by atoms with Crippen molar-refractivity contribution in [2.24, 2.45) is 5.92 Å². The first-order valence-corrected chi connectivity index (χ1v) is 10.7. The Hall–Kier alpha value is -2.29. The van der Waals surface area contributed by atoms with Gasteiger partial charge in [-0.3, -0.25) is 4.79 Å². The number of hydrogen-bond donors (Lipinski definition) is 2. The number of nitrogens with zero attached hydrogens (tertiary/aromatic N) is 1. The largest absolute Gasteiger partial charge is 0.332 e. The molecule has 8 heteroatoms. The molecule has 6 nitrogen and oxygen atoms in total. The monoisotopic (exact) mass is 419 g/mol. The van der Waals surface area contributed by atoms with Crippen LogP contribution in [0.5, 0.6) is 0 Å². The van der Waals surface area contributed by atoms with Gasteiger partial charge >= 0.3 is 0 Å². The van der Waals surface area contributed by atoms with Crippen molar-refractivity contribution < 1.29 is 13.2 Å². The zero-order valence-electron chi connectivity index (χ0n) is 16.2. The average Bonchev–Trinajstić information content (AvgIpc) is 2.62. The molecular weight excluding hydrogens is 394 g/mol. The molecule has 0 heterocycles. The van der Waals surface area contributed by atoms with Crippen LogP contribution in [0.3, 0.4) is 0 Å². The third-order valence-corrected chi connectivity index (χ3v) is 5.94. The fourth-order valence-corrected chi connectivity index (χ4v) is 3.92. The van der Waals surface area contributed by atoms with E-state index < -0.39 is 10.0 Å². The fraction of sp³-hybridized carbons (Fsp3) is 0.300. The number of hydrogen-bond acceptors (Lipinski definition) is 4. The minimum absolute atomic E-state index is 0.158. The van der Waals surface area contributed by atoms with Gasteiger partial charge in [-0.25, -0.2) is 8.42 Å². The molecule has 0 spiro atoms. The van der Waals surface area contributed by atoms with Gasteiger partial charge in [-0.1, -0.05) is 44.2 Å². The van der Waals surface area contributed by atoms with Gasteiger partial charge in [0.1, 0.15) is 0 Å². The van der Waals surface area contributed by atoms with Crippen LogP contribution < -0.4 is 10.6 Å². The maximum atomic E-state index is 12.7. The van der Waals surface area contributed by atoms with Gasteiger partial charge in [0.2, 0.25) is 15.9 Å². The predicted octanol–water partition coefficient (Wildman–Crippen LogP) is 3.37. The first kappa shape index (κ1) is 22.0. The summed E-state index contributed by atoms with van der Waals surface area (Å²) < 4.78 is 26.8. The van der Waals surface area contributed by atoms with E-state index in [1.165, 1.54) is 16.4 Å². The number of sulfonamides is 1. The minimum atomic E-state index is -3.61. The van der Waals surface area contributed by atoms with E-state index in [2.05, 4.69) is 10.6 Å². The summed E-state index contributed by atoms with van der Waals surface area (Å²) in [6.07, 6.45) is 0.382. The summed E-state index contributed by atoms with van der Waals surface area (Å²) in [6.45, 7) is 4.18. The second-order valence-corrected chi connectivity index (χ2v) is 9.32. The van der Waals surface area contributed by atoms with Gasteiger partial charge in [0.05, 0.1) is 4.90 Å². The smallest absolute Gasteiger partial charge is 0.243 e. The number of thiocarbonyl (C=S) groups is 1. The molecule has 0 bridgehead atoms. The summed E-state index contributed by atoms with van der Waals surface area (Å²) in [4.78, 5) is 11.9. The molecule has 0 unspecified atom stereocenters. The van der Waals surface area contributed by atoms with E-state index in [0.717, 1.165) is 5.56 Å². The summed E-state index contributed by atoms with van der Waals surface area (Å²) in [5, 5.41) is 5.67. The van der Waals surface area contributed by atoms with Crippen molar-refractivity contribution in [1.29, 1.82) is 0 Å². The van der Waals surface area contributed by atoms with Crippen LogP contribution in [0.4, 0.5) is 5.69 Å². The molecule has 0 aliphatic heterocycles. The first-order chi connectivity index (χ1) is 13.2. The number of carbonyl (C=O) groups is 1. The Morgan fingerprint density at radius 1 is 1.07 bits per heavy atom. The summed E-state index contributed by atoms with van der Waals surface area (Å²) in [6, 6.07) is 15.7. The summed E-state index contributed by atoms with van der Waals surface area (Å²) in [7, 11) is -2.06. The van der Waals surface area contributed by atoms with Crippen molar-refractivity contribution in [3.8, 4) is 0 Å². The Bertz CT molecular complexity index is 911. The van der Waals surface area contributed by atoms with E-state index in [4.69, 9.17) is 12.2 Å². The van der Waals surface area contributed by atoms with Crippen LogP contribution in [0.1, 0.15) is 25.8 Å². The molecule has 0 aliphatic carbocycles. The molecule has 2 aromatic carbocycles. The Morgan fingerprint density at radius 2 is 1.68 bits per heavy atom. The van der Waals surface area contributed by atoms with Crippen LogP contribution in [-0.4, -0.2) is 30.8 Å². The van der Waals surface area contributed by atoms with Gasteiger partial charge in [0, 0.05) is 25.7 Å². The highest BCUT2D eigenvalue weighted by Gasteiger charge is 2.20. The molecule has 1 amide bonds. The van der Waals surface area contributed by atoms with Crippen molar-refractivity contribution in [1.82, 2.24) is 9.62 Å². The maximum absolute atomic E-state index is 12.7. The number of nitrogens with one attached hydrogen (secondary N) is 2. The molecular formula is C20H25N3O3S2. The zero-order chi connectivity index (χ0) is 20.7. The van der Waals surface area contributed by atoms with Crippen LogP contribution in [0.2, 0.25) is 0 Å². The van der Waals surface area contributed by atoms with Crippen molar-refractivity contribution in [2.75, 3.05) is 12.4 Å². The lowest BCUT2D eigenvalue weighted by Gasteiger charge is -2.18. The fourth-order valence-electron chi connectivity index (χ4n) is 2.53. The minimum Gasteiger partial charge on any atom is -0.332 e. The number of amides is 1. The zero-order valence-corrected chi connectivity index (χ0v) is 17.8. The van der Waals surface area contributed by atoms with E-state index in [0.29, 0.717) is 12.1 Å². The van der Waals surface area contributed by atoms with Crippen molar-refractivity contribution >= 4 is 38.9 Å². The Kier molecular flexibility index (Phi) is 7.68. The third-order valence-electron chi connectivity index (χ3n) is 3.92. The Balaban J connectivity index is 2.00. The third kappa shape index (κ3) is 6.40. The standard InChI is InChI=1S/C20H25N3O3S2/c1-15(2)13-19(24)22-20(27)21-17-9-11-18(12-10-17)28(25,26)23(3)14-16-7-5-4-6-8-16/h4-12,15H,13-14H2,1-3H3,(H2,21,22,24,27). The van der Waals surface area contributed by atoms with Crippen molar-refractivity contribution in [3.63, 3.8) is 0 Å². The molecule has 28 heavy (non-hydrogen) atoms. The first-order valence-electron chi connectivity index (χ1n) is 8.89.